The van der Waals surface area contributed by atoms with Gasteiger partial charge in [-0.25, -0.2) is 0 Å². The summed E-state index contributed by atoms with van der Waals surface area (Å²) in [6.45, 7) is 2.88. The Labute approximate surface area is 118 Å². The minimum Gasteiger partial charge on any atom is -0.481 e. The molecule has 1 aliphatic heterocycles. The molecule has 20 heavy (non-hydrogen) atoms. The largest absolute Gasteiger partial charge is 0.481 e. The fourth-order valence-corrected chi connectivity index (χ4v) is 2.45. The van der Waals surface area contributed by atoms with Gasteiger partial charge in [-0.1, -0.05) is 12.1 Å². The molecule has 1 atom stereocenters. The van der Waals surface area contributed by atoms with E-state index < -0.39 is 11.4 Å². The van der Waals surface area contributed by atoms with Gasteiger partial charge in [0.05, 0.1) is 12.0 Å². The van der Waals surface area contributed by atoms with Crippen LogP contribution in [0.3, 0.4) is 0 Å². The van der Waals surface area contributed by atoms with Crippen LogP contribution in [-0.2, 0) is 16.1 Å². The lowest BCUT2D eigenvalue weighted by molar-refractivity contribution is -0.147. The maximum atomic E-state index is 12.4. The smallest absolute Gasteiger partial charge is 0.311 e. The van der Waals surface area contributed by atoms with Crippen LogP contribution < -0.4 is 0 Å². The molecule has 1 saturated heterocycles. The Hall–Kier alpha value is -1.88. The lowest BCUT2D eigenvalue weighted by Gasteiger charge is -2.20. The van der Waals surface area contributed by atoms with Crippen molar-refractivity contribution >= 4 is 11.9 Å². The molecule has 2 rings (SSSR count). The second-order valence-electron chi connectivity index (χ2n) is 5.48. The van der Waals surface area contributed by atoms with E-state index in [-0.39, 0.29) is 12.5 Å². The van der Waals surface area contributed by atoms with Crippen LogP contribution in [0, 0.1) is 5.41 Å². The number of carboxylic acid groups (broad SMARTS) is 1. The third-order valence-corrected chi connectivity index (χ3v) is 3.76. The average molecular weight is 277 g/mol. The molecule has 0 aliphatic carbocycles. The Morgan fingerprint density at radius 1 is 1.45 bits per heavy atom. The zero-order chi connectivity index (χ0) is 14.8. The summed E-state index contributed by atoms with van der Waals surface area (Å²) < 4.78 is 5.05. The van der Waals surface area contributed by atoms with Crippen LogP contribution in [0.4, 0.5) is 0 Å². The molecule has 5 heteroatoms. The van der Waals surface area contributed by atoms with Crippen LogP contribution in [-0.4, -0.2) is 42.1 Å². The lowest BCUT2D eigenvalue weighted by Crippen LogP contribution is -2.34. The molecular formula is C15H19NO4. The molecule has 0 aromatic heterocycles. The number of aliphatic carboxylic acids is 1. The van der Waals surface area contributed by atoms with E-state index in [9.17, 15) is 14.7 Å². The first kappa shape index (κ1) is 14.5. The number of methoxy groups -OCH3 is 1. The molecule has 1 fully saturated rings. The number of carboxylic acids is 1. The summed E-state index contributed by atoms with van der Waals surface area (Å²) in [5, 5.41) is 9.20. The number of hydrogen-bond donors (Lipinski definition) is 1. The van der Waals surface area contributed by atoms with E-state index in [1.165, 1.54) is 0 Å². The van der Waals surface area contributed by atoms with Gasteiger partial charge in [0.25, 0.3) is 5.91 Å². The second kappa shape index (κ2) is 5.63. The Morgan fingerprint density at radius 3 is 2.80 bits per heavy atom. The molecule has 1 N–H and O–H groups in total. The van der Waals surface area contributed by atoms with Crippen LogP contribution in [0.15, 0.2) is 24.3 Å². The normalized spacial score (nSPS) is 22.0. The highest BCUT2D eigenvalue weighted by molar-refractivity contribution is 5.95. The Morgan fingerprint density at radius 2 is 2.20 bits per heavy atom. The van der Waals surface area contributed by atoms with Crippen molar-refractivity contribution in [1.29, 1.82) is 0 Å². The minimum atomic E-state index is -0.846. The van der Waals surface area contributed by atoms with Crippen molar-refractivity contribution in [3.05, 3.63) is 35.4 Å². The molecular weight excluding hydrogens is 258 g/mol. The number of likely N-dealkylation sites (tertiary alicyclic amines) is 1. The summed E-state index contributed by atoms with van der Waals surface area (Å²) in [5.41, 5.74) is 0.674. The highest BCUT2D eigenvalue weighted by Gasteiger charge is 2.42. The highest BCUT2D eigenvalue weighted by Crippen LogP contribution is 2.31. The molecule has 1 unspecified atom stereocenters. The van der Waals surface area contributed by atoms with E-state index in [2.05, 4.69) is 0 Å². The lowest BCUT2D eigenvalue weighted by atomic mass is 9.90. The van der Waals surface area contributed by atoms with Crippen molar-refractivity contribution in [1.82, 2.24) is 4.90 Å². The van der Waals surface area contributed by atoms with E-state index in [1.807, 2.05) is 12.1 Å². The van der Waals surface area contributed by atoms with Gasteiger partial charge >= 0.3 is 5.97 Å². The molecule has 0 bridgehead atoms. The summed E-state index contributed by atoms with van der Waals surface area (Å²) in [7, 11) is 1.60. The number of carbonyl (C=O) groups excluding carboxylic acids is 1. The van der Waals surface area contributed by atoms with Crippen LogP contribution in [0.1, 0.15) is 29.3 Å². The molecule has 1 amide bonds. The number of ether oxygens (including phenoxy) is 1. The first-order valence-electron chi connectivity index (χ1n) is 6.57. The Balaban J connectivity index is 2.13. The topological polar surface area (TPSA) is 66.8 Å². The third kappa shape index (κ3) is 2.82. The second-order valence-corrected chi connectivity index (χ2v) is 5.48. The standard InChI is InChI=1S/C15H19NO4/c1-15(14(18)19)6-7-16(10-15)13(17)12-5-3-4-11(8-12)9-20-2/h3-5,8H,6-7,9-10H2,1-2H3,(H,18,19). The fraction of sp³-hybridized carbons (Fsp3) is 0.467. The number of carbonyl (C=O) groups is 2. The van der Waals surface area contributed by atoms with Crippen LogP contribution in [0.25, 0.3) is 0 Å². The quantitative estimate of drug-likeness (QED) is 0.910. The van der Waals surface area contributed by atoms with Gasteiger partial charge in [0.2, 0.25) is 0 Å². The van der Waals surface area contributed by atoms with Crippen molar-refractivity contribution in [2.24, 2.45) is 5.41 Å². The molecule has 108 valence electrons. The molecule has 0 spiro atoms. The number of hydrogen-bond acceptors (Lipinski definition) is 3. The molecule has 1 aliphatic rings. The maximum absolute atomic E-state index is 12.4. The fourth-order valence-electron chi connectivity index (χ4n) is 2.45. The van der Waals surface area contributed by atoms with Gasteiger partial charge in [-0.05, 0) is 31.0 Å². The van der Waals surface area contributed by atoms with E-state index >= 15 is 0 Å². The predicted molar refractivity (Wildman–Crippen MR) is 73.4 cm³/mol. The number of rotatable bonds is 4. The van der Waals surface area contributed by atoms with E-state index in [0.717, 1.165) is 5.56 Å². The van der Waals surface area contributed by atoms with Gasteiger partial charge in [0.1, 0.15) is 0 Å². The molecule has 1 aromatic rings. The SMILES string of the molecule is COCc1cccc(C(=O)N2CCC(C)(C(=O)O)C2)c1. The monoisotopic (exact) mass is 277 g/mol. The van der Waals surface area contributed by atoms with Gasteiger partial charge in [-0.2, -0.15) is 0 Å². The summed E-state index contributed by atoms with van der Waals surface area (Å²) in [5.74, 6) is -0.964. The first-order chi connectivity index (χ1) is 9.46. The van der Waals surface area contributed by atoms with Crippen molar-refractivity contribution < 1.29 is 19.4 Å². The highest BCUT2D eigenvalue weighted by atomic mass is 16.5. The summed E-state index contributed by atoms with van der Waals surface area (Å²) >= 11 is 0. The number of amides is 1. The van der Waals surface area contributed by atoms with Gasteiger partial charge in [0, 0.05) is 25.8 Å². The van der Waals surface area contributed by atoms with E-state index in [4.69, 9.17) is 4.74 Å². The van der Waals surface area contributed by atoms with Crippen molar-refractivity contribution in [2.75, 3.05) is 20.2 Å². The summed E-state index contributed by atoms with van der Waals surface area (Å²) in [4.78, 5) is 25.2. The average Bonchev–Trinajstić information content (AvgIpc) is 2.83. The summed E-state index contributed by atoms with van der Waals surface area (Å²) in [6.07, 6.45) is 0.492. The Bertz CT molecular complexity index is 528. The Kier molecular flexibility index (Phi) is 4.09. The van der Waals surface area contributed by atoms with Gasteiger partial charge in [0.15, 0.2) is 0 Å². The van der Waals surface area contributed by atoms with Crippen molar-refractivity contribution in [3.63, 3.8) is 0 Å². The zero-order valence-electron chi connectivity index (χ0n) is 11.8. The predicted octanol–water partition coefficient (Wildman–Crippen LogP) is 1.77. The van der Waals surface area contributed by atoms with Crippen molar-refractivity contribution in [3.8, 4) is 0 Å². The van der Waals surface area contributed by atoms with Crippen molar-refractivity contribution in [2.45, 2.75) is 20.0 Å². The maximum Gasteiger partial charge on any atom is 0.311 e. The van der Waals surface area contributed by atoms with Gasteiger partial charge in [-0.3, -0.25) is 9.59 Å². The molecule has 5 nitrogen and oxygen atoms in total. The molecule has 0 saturated carbocycles. The zero-order valence-corrected chi connectivity index (χ0v) is 11.8. The van der Waals surface area contributed by atoms with E-state index in [0.29, 0.717) is 25.1 Å². The molecule has 1 aromatic carbocycles. The van der Waals surface area contributed by atoms with Gasteiger partial charge < -0.3 is 14.7 Å². The minimum absolute atomic E-state index is 0.118. The van der Waals surface area contributed by atoms with E-state index in [1.54, 1.807) is 31.1 Å². The number of benzene rings is 1. The third-order valence-electron chi connectivity index (χ3n) is 3.76. The van der Waals surface area contributed by atoms with Crippen LogP contribution in [0.5, 0.6) is 0 Å². The van der Waals surface area contributed by atoms with Gasteiger partial charge in [-0.15, -0.1) is 0 Å². The first-order valence-corrected chi connectivity index (χ1v) is 6.57. The summed E-state index contributed by atoms with van der Waals surface area (Å²) in [6, 6.07) is 7.25. The molecule has 0 radical (unpaired) electrons. The van der Waals surface area contributed by atoms with Crippen LogP contribution in [0.2, 0.25) is 0 Å². The van der Waals surface area contributed by atoms with Crippen LogP contribution >= 0.6 is 0 Å². The number of nitrogens with zero attached hydrogens (tertiary/aromatic N) is 1. The molecule has 1 heterocycles.